The molecular formula is C20H18N2O2. The summed E-state index contributed by atoms with van der Waals surface area (Å²) in [6.07, 6.45) is 1.78. The average molecular weight is 318 g/mol. The summed E-state index contributed by atoms with van der Waals surface area (Å²) >= 11 is 0. The first kappa shape index (κ1) is 15.7. The summed E-state index contributed by atoms with van der Waals surface area (Å²) in [6, 6.07) is 19.1. The molecule has 0 atom stereocenters. The summed E-state index contributed by atoms with van der Waals surface area (Å²) in [6.45, 7) is 2.57. The van der Waals surface area contributed by atoms with Crippen molar-refractivity contribution in [2.45, 2.75) is 13.5 Å². The van der Waals surface area contributed by atoms with Crippen molar-refractivity contribution in [3.05, 3.63) is 83.6 Å². The summed E-state index contributed by atoms with van der Waals surface area (Å²) < 4.78 is 0. The van der Waals surface area contributed by atoms with Gasteiger partial charge in [-0.05, 0) is 48.4 Å². The van der Waals surface area contributed by atoms with Gasteiger partial charge in [0.2, 0.25) is 0 Å². The van der Waals surface area contributed by atoms with Gasteiger partial charge in [-0.1, -0.05) is 30.3 Å². The van der Waals surface area contributed by atoms with E-state index in [0.29, 0.717) is 6.54 Å². The second-order valence-electron chi connectivity index (χ2n) is 5.60. The highest BCUT2D eigenvalue weighted by molar-refractivity contribution is 5.89. The monoisotopic (exact) mass is 318 g/mol. The van der Waals surface area contributed by atoms with E-state index in [-0.39, 0.29) is 5.56 Å². The Morgan fingerprint density at radius 2 is 1.96 bits per heavy atom. The van der Waals surface area contributed by atoms with Crippen LogP contribution in [0.3, 0.4) is 0 Å². The number of hydrogen-bond acceptors (Lipinski definition) is 3. The highest BCUT2D eigenvalue weighted by Gasteiger charge is 2.06. The van der Waals surface area contributed by atoms with Gasteiger partial charge in [-0.3, -0.25) is 4.98 Å². The lowest BCUT2D eigenvalue weighted by molar-refractivity contribution is 0.0697. The van der Waals surface area contributed by atoms with Crippen LogP contribution in [0.2, 0.25) is 0 Å². The molecule has 0 amide bonds. The molecule has 0 fully saturated rings. The van der Waals surface area contributed by atoms with Crippen LogP contribution in [0.25, 0.3) is 11.3 Å². The van der Waals surface area contributed by atoms with E-state index in [2.05, 4.69) is 16.4 Å². The summed E-state index contributed by atoms with van der Waals surface area (Å²) in [7, 11) is 0. The van der Waals surface area contributed by atoms with E-state index >= 15 is 0 Å². The van der Waals surface area contributed by atoms with Crippen molar-refractivity contribution >= 4 is 11.7 Å². The fourth-order valence-corrected chi connectivity index (χ4v) is 2.52. The fraction of sp³-hybridized carbons (Fsp3) is 0.100. The molecule has 0 unspecified atom stereocenters. The standard InChI is InChI=1S/C20H18N2O2/c1-14-8-9-17(20(23)24)12-19(14)22-13-15-5-4-6-16(11-15)18-7-2-3-10-21-18/h2-12,22H,13H2,1H3,(H,23,24). The Morgan fingerprint density at radius 1 is 1.08 bits per heavy atom. The Morgan fingerprint density at radius 3 is 2.71 bits per heavy atom. The first-order valence-corrected chi connectivity index (χ1v) is 7.71. The molecule has 0 aliphatic carbocycles. The Labute approximate surface area is 140 Å². The van der Waals surface area contributed by atoms with Crippen LogP contribution in [0.5, 0.6) is 0 Å². The first-order valence-electron chi connectivity index (χ1n) is 7.71. The number of anilines is 1. The molecule has 0 bridgehead atoms. The molecule has 24 heavy (non-hydrogen) atoms. The van der Waals surface area contributed by atoms with E-state index in [4.69, 9.17) is 5.11 Å². The predicted octanol–water partition coefficient (Wildman–Crippen LogP) is 4.37. The number of carboxylic acids is 1. The molecular weight excluding hydrogens is 300 g/mol. The second-order valence-corrected chi connectivity index (χ2v) is 5.60. The quantitative estimate of drug-likeness (QED) is 0.733. The zero-order chi connectivity index (χ0) is 16.9. The Hall–Kier alpha value is -3.14. The van der Waals surface area contributed by atoms with Crippen LogP contribution < -0.4 is 5.32 Å². The molecule has 0 spiro atoms. The third-order valence-corrected chi connectivity index (χ3v) is 3.86. The maximum absolute atomic E-state index is 11.1. The number of hydrogen-bond donors (Lipinski definition) is 2. The van der Waals surface area contributed by atoms with Gasteiger partial charge in [-0.25, -0.2) is 4.79 Å². The maximum Gasteiger partial charge on any atom is 0.335 e. The number of aryl methyl sites for hydroxylation is 1. The van der Waals surface area contributed by atoms with Crippen molar-refractivity contribution < 1.29 is 9.90 Å². The zero-order valence-electron chi connectivity index (χ0n) is 13.4. The van der Waals surface area contributed by atoms with Crippen molar-refractivity contribution in [3.8, 4) is 11.3 Å². The molecule has 3 rings (SSSR count). The predicted molar refractivity (Wildman–Crippen MR) is 95.1 cm³/mol. The normalized spacial score (nSPS) is 10.4. The van der Waals surface area contributed by atoms with Crippen LogP contribution in [0.15, 0.2) is 66.9 Å². The molecule has 2 N–H and O–H groups in total. The smallest absolute Gasteiger partial charge is 0.335 e. The minimum absolute atomic E-state index is 0.283. The first-order chi connectivity index (χ1) is 11.6. The van der Waals surface area contributed by atoms with Crippen LogP contribution in [0, 0.1) is 6.92 Å². The van der Waals surface area contributed by atoms with Gasteiger partial charge in [-0.2, -0.15) is 0 Å². The highest BCUT2D eigenvalue weighted by atomic mass is 16.4. The van der Waals surface area contributed by atoms with Crippen LogP contribution in [-0.2, 0) is 6.54 Å². The number of nitrogens with one attached hydrogen (secondary N) is 1. The summed E-state index contributed by atoms with van der Waals surface area (Å²) in [4.78, 5) is 15.5. The lowest BCUT2D eigenvalue weighted by Gasteiger charge is -2.11. The van der Waals surface area contributed by atoms with Gasteiger partial charge >= 0.3 is 5.97 Å². The van der Waals surface area contributed by atoms with Gasteiger partial charge in [0.05, 0.1) is 11.3 Å². The minimum atomic E-state index is -0.921. The van der Waals surface area contributed by atoms with E-state index in [1.165, 1.54) is 0 Å². The maximum atomic E-state index is 11.1. The van der Waals surface area contributed by atoms with Crippen LogP contribution in [0.1, 0.15) is 21.5 Å². The molecule has 0 radical (unpaired) electrons. The van der Waals surface area contributed by atoms with Crippen LogP contribution in [0.4, 0.5) is 5.69 Å². The molecule has 2 aromatic carbocycles. The summed E-state index contributed by atoms with van der Waals surface area (Å²) in [5.41, 5.74) is 5.23. The van der Waals surface area contributed by atoms with Crippen LogP contribution in [-0.4, -0.2) is 16.1 Å². The van der Waals surface area contributed by atoms with E-state index in [1.54, 1.807) is 18.3 Å². The molecule has 1 heterocycles. The van der Waals surface area contributed by atoms with Crippen molar-refractivity contribution in [2.75, 3.05) is 5.32 Å². The number of carboxylic acid groups (broad SMARTS) is 1. The van der Waals surface area contributed by atoms with Gasteiger partial charge in [0.1, 0.15) is 0 Å². The fourth-order valence-electron chi connectivity index (χ4n) is 2.52. The van der Waals surface area contributed by atoms with Gasteiger partial charge in [0.15, 0.2) is 0 Å². The van der Waals surface area contributed by atoms with Crippen molar-refractivity contribution in [1.29, 1.82) is 0 Å². The lowest BCUT2D eigenvalue weighted by atomic mass is 10.1. The molecule has 1 aromatic heterocycles. The highest BCUT2D eigenvalue weighted by Crippen LogP contribution is 2.21. The largest absolute Gasteiger partial charge is 0.478 e. The summed E-state index contributed by atoms with van der Waals surface area (Å²) in [5.74, 6) is -0.921. The molecule has 0 saturated carbocycles. The van der Waals surface area contributed by atoms with Crippen LogP contribution >= 0.6 is 0 Å². The molecule has 4 heteroatoms. The van der Waals surface area contributed by atoms with Gasteiger partial charge in [0, 0.05) is 24.0 Å². The number of carbonyl (C=O) groups is 1. The number of rotatable bonds is 5. The summed E-state index contributed by atoms with van der Waals surface area (Å²) in [5, 5.41) is 12.4. The van der Waals surface area contributed by atoms with E-state index in [9.17, 15) is 4.79 Å². The molecule has 4 nitrogen and oxygen atoms in total. The topological polar surface area (TPSA) is 62.2 Å². The third-order valence-electron chi connectivity index (χ3n) is 3.86. The third kappa shape index (κ3) is 3.60. The second kappa shape index (κ2) is 6.96. The molecule has 120 valence electrons. The molecule has 0 aliphatic heterocycles. The number of pyridine rings is 1. The van der Waals surface area contributed by atoms with Gasteiger partial charge in [-0.15, -0.1) is 0 Å². The molecule has 0 saturated heterocycles. The van der Waals surface area contributed by atoms with E-state index < -0.39 is 5.97 Å². The Kier molecular flexibility index (Phi) is 4.57. The SMILES string of the molecule is Cc1ccc(C(=O)O)cc1NCc1cccc(-c2ccccn2)c1. The molecule has 0 aliphatic rings. The minimum Gasteiger partial charge on any atom is -0.478 e. The van der Waals surface area contributed by atoms with E-state index in [1.807, 2.05) is 49.4 Å². The van der Waals surface area contributed by atoms with Gasteiger partial charge in [0.25, 0.3) is 0 Å². The van der Waals surface area contributed by atoms with E-state index in [0.717, 1.165) is 28.1 Å². The Bertz CT molecular complexity index is 861. The molecule has 3 aromatic rings. The number of benzene rings is 2. The van der Waals surface area contributed by atoms with Crippen molar-refractivity contribution in [1.82, 2.24) is 4.98 Å². The average Bonchev–Trinajstić information content (AvgIpc) is 2.62. The lowest BCUT2D eigenvalue weighted by Crippen LogP contribution is -2.04. The van der Waals surface area contributed by atoms with Gasteiger partial charge < -0.3 is 10.4 Å². The van der Waals surface area contributed by atoms with Crippen molar-refractivity contribution in [2.24, 2.45) is 0 Å². The number of nitrogens with zero attached hydrogens (tertiary/aromatic N) is 1. The Balaban J connectivity index is 1.78. The number of aromatic nitrogens is 1. The number of aromatic carboxylic acids is 1. The van der Waals surface area contributed by atoms with Crippen molar-refractivity contribution in [3.63, 3.8) is 0 Å². The zero-order valence-corrected chi connectivity index (χ0v) is 13.4.